The number of rotatable bonds is 7. The van der Waals surface area contributed by atoms with Crippen molar-refractivity contribution in [2.24, 2.45) is 0 Å². The normalized spacial score (nSPS) is 11.4. The number of ether oxygens (including phenoxy) is 1. The lowest BCUT2D eigenvalue weighted by atomic mass is 9.97. The van der Waals surface area contributed by atoms with Crippen molar-refractivity contribution >= 4 is 11.8 Å². The van der Waals surface area contributed by atoms with Crippen molar-refractivity contribution < 1.29 is 13.9 Å². The van der Waals surface area contributed by atoms with Crippen molar-refractivity contribution in [3.05, 3.63) is 59.5 Å². The summed E-state index contributed by atoms with van der Waals surface area (Å²) in [5.74, 6) is -0.517. The molecule has 0 saturated heterocycles. The van der Waals surface area contributed by atoms with Gasteiger partial charge in [0, 0.05) is 6.20 Å². The number of anilines is 1. The van der Waals surface area contributed by atoms with Crippen LogP contribution in [0.5, 0.6) is 0 Å². The Morgan fingerprint density at radius 3 is 2.92 bits per heavy atom. The third-order valence-corrected chi connectivity index (χ3v) is 3.49. The zero-order chi connectivity index (χ0) is 17.4. The van der Waals surface area contributed by atoms with E-state index in [1.165, 1.54) is 6.07 Å². The summed E-state index contributed by atoms with van der Waals surface area (Å²) >= 11 is 0. The van der Waals surface area contributed by atoms with Gasteiger partial charge in [-0.3, -0.25) is 4.79 Å². The van der Waals surface area contributed by atoms with Crippen LogP contribution in [0.3, 0.4) is 0 Å². The Hall–Kier alpha value is -2.94. The Balaban J connectivity index is 1.76. The minimum absolute atomic E-state index is 0.105. The molecule has 1 heterocycles. The first-order valence-electron chi connectivity index (χ1n) is 7.61. The standard InChI is InChI=1S/C18H18FN3O2/c1-13(15-6-2-3-7-16(15)19)11-17(23)24-10-9-22-18-14(12-20)5-4-8-21-18/h2-8,13H,9-11H2,1H3,(H,21,22). The van der Waals surface area contributed by atoms with E-state index in [9.17, 15) is 9.18 Å². The van der Waals surface area contributed by atoms with Crippen molar-refractivity contribution in [2.45, 2.75) is 19.3 Å². The van der Waals surface area contributed by atoms with Crippen molar-refractivity contribution in [1.29, 1.82) is 5.26 Å². The molecule has 0 aliphatic heterocycles. The van der Waals surface area contributed by atoms with Crippen molar-refractivity contribution in [3.63, 3.8) is 0 Å². The van der Waals surface area contributed by atoms with Crippen molar-refractivity contribution in [1.82, 2.24) is 4.98 Å². The van der Waals surface area contributed by atoms with Gasteiger partial charge in [0.15, 0.2) is 0 Å². The highest BCUT2D eigenvalue weighted by Crippen LogP contribution is 2.22. The number of benzene rings is 1. The Bertz CT molecular complexity index is 743. The fraction of sp³-hybridized carbons (Fsp3) is 0.278. The van der Waals surface area contributed by atoms with E-state index in [1.807, 2.05) is 6.07 Å². The lowest BCUT2D eigenvalue weighted by Crippen LogP contribution is -2.16. The molecule has 24 heavy (non-hydrogen) atoms. The van der Waals surface area contributed by atoms with Crippen LogP contribution in [-0.2, 0) is 9.53 Å². The topological polar surface area (TPSA) is 75.0 Å². The molecule has 1 atom stereocenters. The average Bonchev–Trinajstić information content (AvgIpc) is 2.59. The summed E-state index contributed by atoms with van der Waals surface area (Å²) in [6.45, 7) is 2.26. The number of nitrogens with zero attached hydrogens (tertiary/aromatic N) is 2. The van der Waals surface area contributed by atoms with Gasteiger partial charge in [0.1, 0.15) is 24.3 Å². The first-order valence-corrected chi connectivity index (χ1v) is 7.61. The smallest absolute Gasteiger partial charge is 0.306 e. The molecule has 2 rings (SSSR count). The first-order chi connectivity index (χ1) is 11.6. The van der Waals surface area contributed by atoms with Gasteiger partial charge in [-0.05, 0) is 29.7 Å². The Morgan fingerprint density at radius 1 is 1.38 bits per heavy atom. The van der Waals surface area contributed by atoms with Crippen LogP contribution in [0.1, 0.15) is 30.4 Å². The number of halogens is 1. The zero-order valence-electron chi connectivity index (χ0n) is 13.3. The van der Waals surface area contributed by atoms with Crippen LogP contribution in [0.15, 0.2) is 42.6 Å². The highest BCUT2D eigenvalue weighted by molar-refractivity contribution is 5.70. The molecular formula is C18H18FN3O2. The quantitative estimate of drug-likeness (QED) is 0.624. The second kappa shape index (κ2) is 8.63. The van der Waals surface area contributed by atoms with Gasteiger partial charge in [-0.15, -0.1) is 0 Å². The lowest BCUT2D eigenvalue weighted by molar-refractivity contribution is -0.143. The van der Waals surface area contributed by atoms with Crippen molar-refractivity contribution in [2.75, 3.05) is 18.5 Å². The molecule has 0 aliphatic rings. The molecule has 0 fully saturated rings. The Kier molecular flexibility index (Phi) is 6.26. The SMILES string of the molecule is CC(CC(=O)OCCNc1ncccc1C#N)c1ccccc1F. The van der Waals surface area contributed by atoms with Gasteiger partial charge in [0.2, 0.25) is 0 Å². The van der Waals surface area contributed by atoms with Crippen LogP contribution >= 0.6 is 0 Å². The van der Waals surface area contributed by atoms with E-state index in [0.717, 1.165) is 0 Å². The largest absolute Gasteiger partial charge is 0.464 e. The molecule has 1 aromatic heterocycles. The van der Waals surface area contributed by atoms with Gasteiger partial charge in [-0.25, -0.2) is 9.37 Å². The maximum atomic E-state index is 13.7. The molecule has 0 saturated carbocycles. The van der Waals surface area contributed by atoms with Crippen LogP contribution in [0.4, 0.5) is 10.2 Å². The number of nitrogens with one attached hydrogen (secondary N) is 1. The minimum atomic E-state index is -0.394. The summed E-state index contributed by atoms with van der Waals surface area (Å²) in [6.07, 6.45) is 1.68. The van der Waals surface area contributed by atoms with E-state index in [2.05, 4.69) is 10.3 Å². The number of esters is 1. The number of nitriles is 1. The number of hydrogen-bond donors (Lipinski definition) is 1. The maximum absolute atomic E-state index is 13.7. The van der Waals surface area contributed by atoms with E-state index in [-0.39, 0.29) is 24.8 Å². The minimum Gasteiger partial charge on any atom is -0.464 e. The van der Waals surface area contributed by atoms with E-state index >= 15 is 0 Å². The second-order valence-electron chi connectivity index (χ2n) is 5.29. The molecule has 0 bridgehead atoms. The van der Waals surface area contributed by atoms with Gasteiger partial charge < -0.3 is 10.1 Å². The van der Waals surface area contributed by atoms with E-state index in [0.29, 0.717) is 23.5 Å². The molecule has 0 aliphatic carbocycles. The molecule has 0 spiro atoms. The van der Waals surface area contributed by atoms with Gasteiger partial charge in [0.25, 0.3) is 0 Å². The van der Waals surface area contributed by atoms with Crippen LogP contribution < -0.4 is 5.32 Å². The summed E-state index contributed by atoms with van der Waals surface area (Å²) < 4.78 is 18.8. The molecule has 1 aromatic carbocycles. The van der Waals surface area contributed by atoms with Crippen molar-refractivity contribution in [3.8, 4) is 6.07 Å². The summed E-state index contributed by atoms with van der Waals surface area (Å²) in [5, 5.41) is 11.9. The Morgan fingerprint density at radius 2 is 2.17 bits per heavy atom. The van der Waals surface area contributed by atoms with Gasteiger partial charge in [-0.1, -0.05) is 25.1 Å². The van der Waals surface area contributed by atoms with Gasteiger partial charge in [0.05, 0.1) is 18.5 Å². The summed E-state index contributed by atoms with van der Waals surface area (Å²) in [7, 11) is 0. The second-order valence-corrected chi connectivity index (χ2v) is 5.29. The molecule has 5 nitrogen and oxygen atoms in total. The predicted octanol–water partition coefficient (Wildman–Crippen LogP) is 3.24. The molecule has 124 valence electrons. The fourth-order valence-corrected chi connectivity index (χ4v) is 2.26. The number of hydrogen-bond acceptors (Lipinski definition) is 5. The fourth-order valence-electron chi connectivity index (χ4n) is 2.26. The summed E-state index contributed by atoms with van der Waals surface area (Å²) in [6, 6.07) is 11.7. The molecule has 1 unspecified atom stereocenters. The van der Waals surface area contributed by atoms with E-state index in [1.54, 1.807) is 43.5 Å². The number of aromatic nitrogens is 1. The highest BCUT2D eigenvalue weighted by atomic mass is 19.1. The molecule has 0 amide bonds. The molecule has 0 radical (unpaired) electrons. The average molecular weight is 327 g/mol. The number of pyridine rings is 1. The molecule has 2 aromatic rings. The van der Waals surface area contributed by atoms with Gasteiger partial charge >= 0.3 is 5.97 Å². The maximum Gasteiger partial charge on any atom is 0.306 e. The Labute approximate surface area is 140 Å². The third-order valence-electron chi connectivity index (χ3n) is 3.49. The third kappa shape index (κ3) is 4.78. The predicted molar refractivity (Wildman–Crippen MR) is 87.8 cm³/mol. The van der Waals surface area contributed by atoms with E-state index in [4.69, 9.17) is 10.00 Å². The molecule has 1 N–H and O–H groups in total. The van der Waals surface area contributed by atoms with Crippen LogP contribution in [0, 0.1) is 17.1 Å². The van der Waals surface area contributed by atoms with Crippen LogP contribution in [0.25, 0.3) is 0 Å². The van der Waals surface area contributed by atoms with Gasteiger partial charge in [-0.2, -0.15) is 5.26 Å². The monoisotopic (exact) mass is 327 g/mol. The van der Waals surface area contributed by atoms with E-state index < -0.39 is 5.97 Å². The molecular weight excluding hydrogens is 309 g/mol. The highest BCUT2D eigenvalue weighted by Gasteiger charge is 2.15. The number of carbonyl (C=O) groups excluding carboxylic acids is 1. The van der Waals surface area contributed by atoms with Crippen LogP contribution in [-0.4, -0.2) is 24.1 Å². The van der Waals surface area contributed by atoms with Crippen LogP contribution in [0.2, 0.25) is 0 Å². The summed E-state index contributed by atoms with van der Waals surface area (Å²) in [4.78, 5) is 15.9. The lowest BCUT2D eigenvalue weighted by Gasteiger charge is -2.13. The first kappa shape index (κ1) is 17.4. The summed E-state index contributed by atoms with van der Waals surface area (Å²) in [5.41, 5.74) is 0.928. The number of carbonyl (C=O) groups is 1. The molecule has 6 heteroatoms. The zero-order valence-corrected chi connectivity index (χ0v) is 13.3.